The Kier molecular flexibility index (Phi) is 4.88. The highest BCUT2D eigenvalue weighted by Gasteiger charge is 2.22. The molecule has 0 bridgehead atoms. The lowest BCUT2D eigenvalue weighted by Crippen LogP contribution is -2.27. The molecule has 148 valence electrons. The van der Waals surface area contributed by atoms with Gasteiger partial charge in [-0.05, 0) is 33.8 Å². The highest BCUT2D eigenvalue weighted by atomic mass is 19.1. The summed E-state index contributed by atoms with van der Waals surface area (Å²) in [6, 6.07) is 2.19. The maximum absolute atomic E-state index is 14.4. The summed E-state index contributed by atoms with van der Waals surface area (Å²) in [6.45, 7) is 6.67. The van der Waals surface area contributed by atoms with Crippen molar-refractivity contribution in [3.8, 4) is 0 Å². The lowest BCUT2D eigenvalue weighted by Gasteiger charge is -2.19. The second-order valence-electron chi connectivity index (χ2n) is 6.88. The summed E-state index contributed by atoms with van der Waals surface area (Å²) in [5.41, 5.74) is -0.970. The normalized spacial score (nSPS) is 11.6. The molecule has 0 aliphatic heterocycles. The molecule has 2 heterocycles. The van der Waals surface area contributed by atoms with E-state index in [0.29, 0.717) is 0 Å². The van der Waals surface area contributed by atoms with Crippen molar-refractivity contribution in [3.63, 3.8) is 0 Å². The fourth-order valence-electron chi connectivity index (χ4n) is 2.58. The van der Waals surface area contributed by atoms with Gasteiger partial charge in [0, 0.05) is 6.07 Å². The van der Waals surface area contributed by atoms with E-state index < -0.39 is 29.4 Å². The molecular weight excluding hydrogens is 374 g/mol. The lowest BCUT2D eigenvalue weighted by molar-refractivity contribution is 0.0520. The number of carbonyl (C=O) groups is 2. The van der Waals surface area contributed by atoms with Crippen molar-refractivity contribution in [2.45, 2.75) is 33.3 Å². The van der Waals surface area contributed by atoms with Crippen LogP contribution in [0.5, 0.6) is 0 Å². The Morgan fingerprint density at radius 2 is 1.96 bits per heavy atom. The van der Waals surface area contributed by atoms with Crippen molar-refractivity contribution >= 4 is 34.4 Å². The molecule has 0 radical (unpaired) electrons. The number of rotatable bonds is 3. The number of benzene rings is 1. The Labute approximate surface area is 158 Å². The quantitative estimate of drug-likeness (QED) is 0.683. The summed E-state index contributed by atoms with van der Waals surface area (Å²) in [4.78, 5) is 31.7. The number of hydrogen-bond donors (Lipinski definition) is 1. The highest BCUT2D eigenvalue weighted by molar-refractivity contribution is 5.97. The standard InChI is InChI=1S/C18H18F2N4O4/c1-5-27-16(25)9-6-12-11(7-10(9)19)22-15(13-14(20)21-8-24(12)13)23-17(26)28-18(2,3)4/h6-8H,5H2,1-4H3,(H,22,23,26). The minimum absolute atomic E-state index is 0.0708. The van der Waals surface area contributed by atoms with Crippen LogP contribution in [0.4, 0.5) is 19.4 Å². The molecule has 3 aromatic rings. The van der Waals surface area contributed by atoms with E-state index in [0.717, 1.165) is 12.4 Å². The SMILES string of the molecule is CCOC(=O)c1cc2c(cc1F)nc(NC(=O)OC(C)(C)C)c1c(F)ncn12. The molecular formula is C18H18F2N4O4. The van der Waals surface area contributed by atoms with Crippen molar-refractivity contribution in [2.75, 3.05) is 11.9 Å². The number of imidazole rings is 1. The highest BCUT2D eigenvalue weighted by Crippen LogP contribution is 2.26. The number of halogens is 2. The predicted molar refractivity (Wildman–Crippen MR) is 96.2 cm³/mol. The van der Waals surface area contributed by atoms with Gasteiger partial charge >= 0.3 is 12.1 Å². The van der Waals surface area contributed by atoms with E-state index in [-0.39, 0.29) is 34.5 Å². The van der Waals surface area contributed by atoms with Crippen molar-refractivity contribution in [2.24, 2.45) is 0 Å². The maximum Gasteiger partial charge on any atom is 0.413 e. The van der Waals surface area contributed by atoms with Crippen LogP contribution in [0.15, 0.2) is 18.5 Å². The van der Waals surface area contributed by atoms with Gasteiger partial charge in [-0.3, -0.25) is 9.72 Å². The lowest BCUT2D eigenvalue weighted by atomic mass is 10.1. The number of ether oxygens (including phenoxy) is 2. The van der Waals surface area contributed by atoms with Crippen molar-refractivity contribution < 1.29 is 27.8 Å². The van der Waals surface area contributed by atoms with Gasteiger partial charge in [0.2, 0.25) is 5.95 Å². The van der Waals surface area contributed by atoms with E-state index in [1.54, 1.807) is 27.7 Å². The molecule has 0 atom stereocenters. The molecule has 0 saturated heterocycles. The smallest absolute Gasteiger partial charge is 0.413 e. The number of hydrogen-bond acceptors (Lipinski definition) is 6. The number of aromatic nitrogens is 3. The van der Waals surface area contributed by atoms with Crippen molar-refractivity contribution in [3.05, 3.63) is 35.8 Å². The van der Waals surface area contributed by atoms with Crippen LogP contribution in [0.1, 0.15) is 38.1 Å². The Hall–Kier alpha value is -3.30. The summed E-state index contributed by atoms with van der Waals surface area (Å²) < 4.78 is 39.8. The van der Waals surface area contributed by atoms with E-state index in [9.17, 15) is 18.4 Å². The topological polar surface area (TPSA) is 94.8 Å². The first-order valence-electron chi connectivity index (χ1n) is 8.43. The molecule has 8 nitrogen and oxygen atoms in total. The molecule has 0 unspecified atom stereocenters. The molecule has 10 heteroatoms. The van der Waals surface area contributed by atoms with Crippen LogP contribution in [0.2, 0.25) is 0 Å². The molecule has 1 amide bonds. The largest absolute Gasteiger partial charge is 0.462 e. The first kappa shape index (κ1) is 19.5. The molecule has 1 N–H and O–H groups in total. The number of anilines is 1. The average molecular weight is 392 g/mol. The first-order valence-corrected chi connectivity index (χ1v) is 8.43. The summed E-state index contributed by atoms with van der Waals surface area (Å²) in [5, 5.41) is 2.35. The minimum atomic E-state index is -0.900. The van der Waals surface area contributed by atoms with Crippen molar-refractivity contribution in [1.29, 1.82) is 0 Å². The summed E-state index contributed by atoms with van der Waals surface area (Å²) in [6.07, 6.45) is 0.285. The molecule has 0 saturated carbocycles. The Morgan fingerprint density at radius 3 is 2.61 bits per heavy atom. The van der Waals surface area contributed by atoms with Crippen molar-refractivity contribution in [1.82, 2.24) is 14.4 Å². The van der Waals surface area contributed by atoms with Gasteiger partial charge in [0.05, 0.1) is 23.2 Å². The molecule has 0 spiro atoms. The van der Waals surface area contributed by atoms with Crippen LogP contribution in [0.25, 0.3) is 16.6 Å². The third-order valence-electron chi connectivity index (χ3n) is 3.62. The Bertz CT molecular complexity index is 1090. The Morgan fingerprint density at radius 1 is 1.25 bits per heavy atom. The van der Waals surface area contributed by atoms with E-state index in [1.807, 2.05) is 0 Å². The van der Waals surface area contributed by atoms with Gasteiger partial charge in [0.25, 0.3) is 0 Å². The van der Waals surface area contributed by atoms with Gasteiger partial charge in [-0.1, -0.05) is 0 Å². The third-order valence-corrected chi connectivity index (χ3v) is 3.62. The zero-order chi connectivity index (χ0) is 20.6. The molecule has 2 aromatic heterocycles. The van der Waals surface area contributed by atoms with E-state index in [1.165, 1.54) is 10.5 Å². The number of esters is 1. The summed E-state index contributed by atoms with van der Waals surface area (Å²) in [5.74, 6) is -2.81. The number of nitrogens with one attached hydrogen (secondary N) is 1. The second kappa shape index (κ2) is 7.02. The number of nitrogens with zero attached hydrogens (tertiary/aromatic N) is 3. The number of amides is 1. The van der Waals surface area contributed by atoms with Gasteiger partial charge in [-0.25, -0.2) is 23.9 Å². The van der Waals surface area contributed by atoms with Gasteiger partial charge < -0.3 is 9.47 Å². The minimum Gasteiger partial charge on any atom is -0.462 e. The molecule has 1 aromatic carbocycles. The van der Waals surface area contributed by atoms with Crippen LogP contribution in [0, 0.1) is 11.8 Å². The average Bonchev–Trinajstić information content (AvgIpc) is 2.95. The van der Waals surface area contributed by atoms with Gasteiger partial charge in [0.15, 0.2) is 5.82 Å². The Balaban J connectivity index is 2.16. The van der Waals surface area contributed by atoms with E-state index in [4.69, 9.17) is 9.47 Å². The first-order chi connectivity index (χ1) is 13.1. The van der Waals surface area contributed by atoms with E-state index >= 15 is 0 Å². The fourth-order valence-corrected chi connectivity index (χ4v) is 2.58. The van der Waals surface area contributed by atoms with Gasteiger partial charge in [-0.15, -0.1) is 0 Å². The van der Waals surface area contributed by atoms with Gasteiger partial charge in [0.1, 0.15) is 23.3 Å². The zero-order valence-electron chi connectivity index (χ0n) is 15.7. The molecule has 3 rings (SSSR count). The number of fused-ring (bicyclic) bond motifs is 3. The predicted octanol–water partition coefficient (Wildman–Crippen LogP) is 3.68. The summed E-state index contributed by atoms with van der Waals surface area (Å²) >= 11 is 0. The van der Waals surface area contributed by atoms with Crippen LogP contribution in [-0.4, -0.2) is 38.6 Å². The maximum atomic E-state index is 14.4. The van der Waals surface area contributed by atoms with Gasteiger partial charge in [-0.2, -0.15) is 4.39 Å². The van der Waals surface area contributed by atoms with Crippen LogP contribution >= 0.6 is 0 Å². The molecule has 0 aliphatic carbocycles. The molecule has 28 heavy (non-hydrogen) atoms. The van der Waals surface area contributed by atoms with E-state index in [2.05, 4.69) is 15.3 Å². The fraction of sp³-hybridized carbons (Fsp3) is 0.333. The molecule has 0 fully saturated rings. The summed E-state index contributed by atoms with van der Waals surface area (Å²) in [7, 11) is 0. The second-order valence-corrected chi connectivity index (χ2v) is 6.88. The van der Waals surface area contributed by atoms with Crippen LogP contribution in [0.3, 0.4) is 0 Å². The van der Waals surface area contributed by atoms with Crippen LogP contribution in [-0.2, 0) is 9.47 Å². The monoisotopic (exact) mass is 392 g/mol. The zero-order valence-corrected chi connectivity index (χ0v) is 15.7. The van der Waals surface area contributed by atoms with Crippen LogP contribution < -0.4 is 5.32 Å². The third kappa shape index (κ3) is 3.71. The number of carbonyl (C=O) groups excluding carboxylic acids is 2. The molecule has 0 aliphatic rings.